The summed E-state index contributed by atoms with van der Waals surface area (Å²) in [6.45, 7) is -1.11. The Morgan fingerprint density at radius 2 is 1.85 bits per heavy atom. The molecule has 1 aliphatic heterocycles. The second kappa shape index (κ2) is 12.8. The van der Waals surface area contributed by atoms with Gasteiger partial charge in [0.2, 0.25) is 12.0 Å². The predicted molar refractivity (Wildman–Crippen MR) is 132 cm³/mol. The third kappa shape index (κ3) is 6.43. The number of phosphoric ester groups is 1. The van der Waals surface area contributed by atoms with E-state index in [2.05, 4.69) is 4.98 Å². The van der Waals surface area contributed by atoms with Crippen LogP contribution in [0.25, 0.3) is 0 Å². The maximum atomic E-state index is 13.5. The molecule has 0 spiro atoms. The highest BCUT2D eigenvalue weighted by atomic mass is 31.2. The third-order valence-corrected chi connectivity index (χ3v) is 6.97. The minimum absolute atomic E-state index is 0.0686. The number of nitrogens with two attached hydrogens (primary N) is 1. The van der Waals surface area contributed by atoms with Crippen molar-refractivity contribution in [3.63, 3.8) is 0 Å². The van der Waals surface area contributed by atoms with E-state index in [1.165, 1.54) is 13.8 Å². The molecule has 0 saturated heterocycles. The Balaban J connectivity index is 3.19. The van der Waals surface area contributed by atoms with Gasteiger partial charge in [0.05, 0.1) is 41.8 Å². The number of carboxylic acid groups (broad SMARTS) is 2. The molecule has 9 N–H and O–H groups in total. The number of aliphatic hydroxyl groups excluding tert-OH is 2. The predicted octanol–water partition coefficient (Wildman–Crippen LogP) is -1.12. The Labute approximate surface area is 226 Å². The molecular formula is C22H30N4O13P+. The normalized spacial score (nSPS) is 22.2. The van der Waals surface area contributed by atoms with E-state index in [1.807, 2.05) is 0 Å². The summed E-state index contributed by atoms with van der Waals surface area (Å²) < 4.78 is 16.2. The fraction of sp³-hybridized carbons (Fsp3) is 0.409. The first-order valence-corrected chi connectivity index (χ1v) is 13.0. The first kappa shape index (κ1) is 32.7. The van der Waals surface area contributed by atoms with E-state index < -0.39 is 97.2 Å². The number of carbonyl (C=O) groups is 4. The summed E-state index contributed by atoms with van der Waals surface area (Å²) in [5.41, 5.74) is 4.14. The zero-order valence-corrected chi connectivity index (χ0v) is 22.2. The molecule has 1 aromatic heterocycles. The van der Waals surface area contributed by atoms with Gasteiger partial charge < -0.3 is 41.1 Å². The monoisotopic (exact) mass is 589 g/mol. The lowest BCUT2D eigenvalue weighted by Gasteiger charge is -2.53. The zero-order chi connectivity index (χ0) is 30.6. The summed E-state index contributed by atoms with van der Waals surface area (Å²) in [6, 6.07) is -1.59. The van der Waals surface area contributed by atoms with Crippen molar-refractivity contribution in [2.24, 2.45) is 5.73 Å². The summed E-state index contributed by atoms with van der Waals surface area (Å²) in [6.07, 6.45) is -1.41. The fourth-order valence-electron chi connectivity index (χ4n) is 4.77. The van der Waals surface area contributed by atoms with Crippen LogP contribution in [0.5, 0.6) is 5.75 Å². The van der Waals surface area contributed by atoms with E-state index in [0.29, 0.717) is 6.26 Å². The van der Waals surface area contributed by atoms with Gasteiger partial charge in [-0.15, -0.1) is 0 Å². The van der Waals surface area contributed by atoms with Gasteiger partial charge in [0, 0.05) is 11.8 Å². The number of quaternary nitrogens is 1. The number of aromatic nitrogens is 1. The number of nitrogens with zero attached hydrogens (tertiary/aromatic N) is 3. The summed E-state index contributed by atoms with van der Waals surface area (Å²) in [7, 11) is -5.59. The summed E-state index contributed by atoms with van der Waals surface area (Å²) in [4.78, 5) is 73.6. The lowest BCUT2D eigenvalue weighted by atomic mass is 9.89. The van der Waals surface area contributed by atoms with Crippen LogP contribution in [-0.4, -0.2) is 112 Å². The molecular weight excluding hydrogens is 559 g/mol. The summed E-state index contributed by atoms with van der Waals surface area (Å²) >= 11 is 0. The van der Waals surface area contributed by atoms with Gasteiger partial charge in [-0.3, -0.25) is 24.2 Å². The number of carbonyl (C=O) groups excluding carboxylic acids is 2. The van der Waals surface area contributed by atoms with Gasteiger partial charge in [0.25, 0.3) is 0 Å². The van der Waals surface area contributed by atoms with Crippen LogP contribution in [0.4, 0.5) is 0 Å². The van der Waals surface area contributed by atoms with Gasteiger partial charge in [0.15, 0.2) is 18.5 Å². The Bertz CT molecular complexity index is 1280. The molecule has 0 fully saturated rings. The molecule has 0 saturated carbocycles. The van der Waals surface area contributed by atoms with E-state index in [-0.39, 0.29) is 17.6 Å². The van der Waals surface area contributed by atoms with Crippen molar-refractivity contribution in [2.45, 2.75) is 32.3 Å². The van der Waals surface area contributed by atoms with Crippen molar-refractivity contribution in [1.29, 1.82) is 0 Å². The topological polar surface area (TPSA) is 278 Å². The number of aromatic hydroxyl groups is 1. The molecule has 220 valence electrons. The minimum Gasteiger partial charge on any atom is -0.515 e. The average molecular weight is 589 g/mol. The zero-order valence-electron chi connectivity index (χ0n) is 21.3. The van der Waals surface area contributed by atoms with Gasteiger partial charge in [-0.25, -0.2) is 18.5 Å². The number of aliphatic carboxylic acids is 2. The van der Waals surface area contributed by atoms with Gasteiger partial charge >= 0.3 is 19.8 Å². The van der Waals surface area contributed by atoms with Crippen molar-refractivity contribution in [2.75, 3.05) is 26.2 Å². The molecule has 0 aromatic carbocycles. The Kier molecular flexibility index (Phi) is 10.4. The number of aliphatic hydroxyl groups is 2. The van der Waals surface area contributed by atoms with Crippen LogP contribution in [0, 0.1) is 6.92 Å². The molecule has 2 rings (SSSR count). The Hall–Kier alpha value is -3.54. The van der Waals surface area contributed by atoms with Gasteiger partial charge in [-0.05, 0) is 13.8 Å². The van der Waals surface area contributed by atoms with E-state index in [4.69, 9.17) is 10.3 Å². The molecule has 17 nitrogen and oxygen atoms in total. The lowest BCUT2D eigenvalue weighted by molar-refractivity contribution is -0.974. The first-order valence-electron chi connectivity index (χ1n) is 11.4. The maximum Gasteiger partial charge on any atom is 0.474 e. The molecule has 4 atom stereocenters. The summed E-state index contributed by atoms with van der Waals surface area (Å²) in [5.74, 6) is -4.73. The van der Waals surface area contributed by atoms with Crippen LogP contribution < -0.4 is 5.73 Å². The number of hydrogen-bond donors (Lipinski definition) is 8. The lowest BCUT2D eigenvalue weighted by Crippen LogP contribution is -2.71. The van der Waals surface area contributed by atoms with Crippen LogP contribution in [0.2, 0.25) is 0 Å². The quantitative estimate of drug-likeness (QED) is 0.0444. The molecule has 40 heavy (non-hydrogen) atoms. The fourth-order valence-corrected chi connectivity index (χ4v) is 5.31. The smallest absolute Gasteiger partial charge is 0.474 e. The van der Waals surface area contributed by atoms with E-state index >= 15 is 0 Å². The largest absolute Gasteiger partial charge is 0.515 e. The number of ketones is 1. The van der Waals surface area contributed by atoms with Gasteiger partial charge in [-0.2, -0.15) is 0 Å². The number of rotatable bonds is 13. The number of aryl methyl sites for hydroxylation is 1. The molecule has 0 radical (unpaired) electrons. The van der Waals surface area contributed by atoms with Crippen molar-refractivity contribution in [3.8, 4) is 5.75 Å². The van der Waals surface area contributed by atoms with Crippen LogP contribution in [-0.2, 0) is 23.5 Å². The van der Waals surface area contributed by atoms with Crippen LogP contribution in [0.3, 0.4) is 0 Å². The number of pyridine rings is 1. The molecule has 4 unspecified atom stereocenters. The van der Waals surface area contributed by atoms with Crippen LogP contribution in [0.15, 0.2) is 29.8 Å². The highest BCUT2D eigenvalue weighted by molar-refractivity contribution is 7.46. The average Bonchev–Trinajstić information content (AvgIpc) is 2.85. The number of aldehydes is 1. The van der Waals surface area contributed by atoms with E-state index in [1.54, 1.807) is 0 Å². The van der Waals surface area contributed by atoms with Gasteiger partial charge in [0.1, 0.15) is 25.0 Å². The number of phosphoric acid groups is 1. The van der Waals surface area contributed by atoms with Crippen molar-refractivity contribution >= 4 is 31.8 Å². The van der Waals surface area contributed by atoms with Crippen molar-refractivity contribution < 1.29 is 68.1 Å². The first-order chi connectivity index (χ1) is 18.6. The number of carboxylic acids is 2. The van der Waals surface area contributed by atoms with Crippen molar-refractivity contribution in [1.82, 2.24) is 9.88 Å². The standard InChI is InChI=1S/C22H29N4O13P/c1-11-20(34)16(10-29)14(4-24-11)22(39-40(36,37)38)26(7-13(8-27)15(9-28)21(35)12(26)2)17(3-23)25(5-18(30)31)6-19(32)33/h4,7,9-10,12,17,22,27H,3,5-6,8,23H2,1-2H3,(H5-,28,29,30,31,32,33,34,35,36,37,38)/p+1. The summed E-state index contributed by atoms with van der Waals surface area (Å²) in [5, 5.41) is 49.3. The van der Waals surface area contributed by atoms with Gasteiger partial charge in [-0.1, -0.05) is 0 Å². The molecule has 1 aliphatic rings. The second-order valence-electron chi connectivity index (χ2n) is 8.83. The van der Waals surface area contributed by atoms with Crippen LogP contribution >= 0.6 is 7.82 Å². The highest BCUT2D eigenvalue weighted by Gasteiger charge is 2.58. The second-order valence-corrected chi connectivity index (χ2v) is 10.0. The molecule has 0 aliphatic carbocycles. The Morgan fingerprint density at radius 1 is 1.27 bits per heavy atom. The van der Waals surface area contributed by atoms with E-state index in [9.17, 15) is 59.1 Å². The van der Waals surface area contributed by atoms with E-state index in [0.717, 1.165) is 17.3 Å². The molecule has 2 heterocycles. The van der Waals surface area contributed by atoms with Crippen LogP contribution in [0.1, 0.15) is 34.8 Å². The third-order valence-electron chi connectivity index (χ3n) is 6.50. The van der Waals surface area contributed by atoms with Crippen molar-refractivity contribution in [3.05, 3.63) is 46.6 Å². The Morgan fingerprint density at radius 3 is 2.27 bits per heavy atom. The maximum absolute atomic E-state index is 13.5. The minimum atomic E-state index is -5.59. The molecule has 0 bridgehead atoms. The SMILES string of the molecule is Cc1ncc(C(OP(=O)(O)O)[N+]2(C(CN)N(CC(=O)O)CC(=O)O)C=C(CO)C(=CO)C(=O)C2C)c(C=O)c1O. The molecule has 18 heteroatoms. The number of Topliss-reactive ketones (excluding diaryl/α,β-unsaturated/α-hetero) is 1. The molecule has 1 aromatic rings. The number of hydrogen-bond acceptors (Lipinski definition) is 12. The highest BCUT2D eigenvalue weighted by Crippen LogP contribution is 2.52. The molecule has 0 amide bonds.